The molecule has 0 spiro atoms. The van der Waals surface area contributed by atoms with E-state index in [1.807, 2.05) is 24.3 Å². The number of ether oxygens (including phenoxy) is 2. The van der Waals surface area contributed by atoms with Gasteiger partial charge in [-0.05, 0) is 31.4 Å². The largest absolute Gasteiger partial charge is 0.490 e. The smallest absolute Gasteiger partial charge is 0.161 e. The molecule has 0 aliphatic heterocycles. The summed E-state index contributed by atoms with van der Waals surface area (Å²) in [5.74, 6) is 1.78. The summed E-state index contributed by atoms with van der Waals surface area (Å²) in [7, 11) is 0. The molecule has 2 nitrogen and oxygen atoms in total. The van der Waals surface area contributed by atoms with Crippen LogP contribution in [0.15, 0.2) is 24.3 Å². The van der Waals surface area contributed by atoms with Crippen molar-refractivity contribution in [2.45, 2.75) is 84.7 Å². The molecule has 0 unspecified atom stereocenters. The fraction of sp³-hybridized carbons (Fsp3) is 0.700. The highest BCUT2D eigenvalue weighted by Crippen LogP contribution is 2.28. The molecule has 0 bridgehead atoms. The van der Waals surface area contributed by atoms with Gasteiger partial charge in [0.15, 0.2) is 11.5 Å². The van der Waals surface area contributed by atoms with E-state index in [1.54, 1.807) is 0 Å². The molecule has 0 aromatic heterocycles. The normalized spacial score (nSPS) is 10.9. The van der Waals surface area contributed by atoms with Gasteiger partial charge in [0.05, 0.1) is 12.7 Å². The summed E-state index contributed by atoms with van der Waals surface area (Å²) in [6, 6.07) is 8.05. The van der Waals surface area contributed by atoms with Crippen molar-refractivity contribution in [3.63, 3.8) is 0 Å². The summed E-state index contributed by atoms with van der Waals surface area (Å²) >= 11 is 0. The Labute approximate surface area is 137 Å². The van der Waals surface area contributed by atoms with Crippen LogP contribution in [-0.2, 0) is 0 Å². The minimum atomic E-state index is 0.281. The van der Waals surface area contributed by atoms with Crippen molar-refractivity contribution in [1.29, 1.82) is 0 Å². The molecule has 1 aromatic carbocycles. The first kappa shape index (κ1) is 18.9. The van der Waals surface area contributed by atoms with Gasteiger partial charge in [0.2, 0.25) is 0 Å². The third kappa shape index (κ3) is 7.72. The lowest BCUT2D eigenvalue weighted by Gasteiger charge is -2.18. The fourth-order valence-electron chi connectivity index (χ4n) is 2.54. The summed E-state index contributed by atoms with van der Waals surface area (Å²) in [6.45, 7) is 7.37. The maximum absolute atomic E-state index is 6.04. The standard InChI is InChI=1S/C20H34O2/c1-4-7-8-9-10-11-14-17-21-19-15-12-13-16-20(19)22-18(5-2)6-3/h12-13,15-16,18H,4-11,14,17H2,1-3H3. The van der Waals surface area contributed by atoms with E-state index >= 15 is 0 Å². The van der Waals surface area contributed by atoms with E-state index in [4.69, 9.17) is 9.47 Å². The van der Waals surface area contributed by atoms with Gasteiger partial charge in [-0.3, -0.25) is 0 Å². The molecule has 0 saturated heterocycles. The van der Waals surface area contributed by atoms with Crippen LogP contribution in [0, 0.1) is 0 Å². The van der Waals surface area contributed by atoms with Crippen molar-refractivity contribution in [1.82, 2.24) is 0 Å². The van der Waals surface area contributed by atoms with Crippen LogP contribution in [0.3, 0.4) is 0 Å². The number of para-hydroxylation sites is 2. The summed E-state index contributed by atoms with van der Waals surface area (Å²) < 4.78 is 12.0. The molecule has 0 N–H and O–H groups in total. The van der Waals surface area contributed by atoms with Gasteiger partial charge in [0, 0.05) is 0 Å². The maximum atomic E-state index is 6.04. The van der Waals surface area contributed by atoms with Crippen LogP contribution < -0.4 is 9.47 Å². The Morgan fingerprint density at radius 3 is 2.00 bits per heavy atom. The molecule has 22 heavy (non-hydrogen) atoms. The van der Waals surface area contributed by atoms with E-state index in [-0.39, 0.29) is 6.10 Å². The molecule has 126 valence electrons. The number of rotatable bonds is 13. The molecule has 0 heterocycles. The molecular weight excluding hydrogens is 272 g/mol. The molecule has 2 heteroatoms. The first-order chi connectivity index (χ1) is 10.8. The Morgan fingerprint density at radius 1 is 0.773 bits per heavy atom. The highest BCUT2D eigenvalue weighted by atomic mass is 16.5. The van der Waals surface area contributed by atoms with Gasteiger partial charge in [0.25, 0.3) is 0 Å². The number of hydrogen-bond acceptors (Lipinski definition) is 2. The minimum absolute atomic E-state index is 0.281. The third-order valence-electron chi connectivity index (χ3n) is 4.06. The molecule has 0 radical (unpaired) electrons. The second-order valence-corrected chi connectivity index (χ2v) is 5.97. The Kier molecular flexibility index (Phi) is 10.6. The lowest BCUT2D eigenvalue weighted by atomic mass is 10.1. The van der Waals surface area contributed by atoms with Gasteiger partial charge in [-0.15, -0.1) is 0 Å². The Morgan fingerprint density at radius 2 is 1.36 bits per heavy atom. The van der Waals surface area contributed by atoms with Crippen LogP contribution in [0.2, 0.25) is 0 Å². The van der Waals surface area contributed by atoms with Gasteiger partial charge in [-0.2, -0.15) is 0 Å². The monoisotopic (exact) mass is 306 g/mol. The summed E-state index contributed by atoms with van der Waals surface area (Å²) in [4.78, 5) is 0. The first-order valence-electron chi connectivity index (χ1n) is 9.20. The molecule has 0 aliphatic rings. The van der Waals surface area contributed by atoms with Gasteiger partial charge in [0.1, 0.15) is 0 Å². The number of benzene rings is 1. The summed E-state index contributed by atoms with van der Waals surface area (Å²) in [5, 5.41) is 0. The predicted octanol–water partition coefficient (Wildman–Crippen LogP) is 6.38. The van der Waals surface area contributed by atoms with Gasteiger partial charge in [-0.25, -0.2) is 0 Å². The van der Waals surface area contributed by atoms with Crippen LogP contribution in [-0.4, -0.2) is 12.7 Å². The van der Waals surface area contributed by atoms with Crippen LogP contribution >= 0.6 is 0 Å². The summed E-state index contributed by atoms with van der Waals surface area (Å²) in [5.41, 5.74) is 0. The van der Waals surface area contributed by atoms with E-state index in [1.165, 1.54) is 38.5 Å². The fourth-order valence-corrected chi connectivity index (χ4v) is 2.54. The van der Waals surface area contributed by atoms with E-state index in [2.05, 4.69) is 20.8 Å². The first-order valence-corrected chi connectivity index (χ1v) is 9.20. The quantitative estimate of drug-likeness (QED) is 0.393. The highest BCUT2D eigenvalue weighted by molar-refractivity contribution is 5.39. The van der Waals surface area contributed by atoms with Gasteiger partial charge < -0.3 is 9.47 Å². The highest BCUT2D eigenvalue weighted by Gasteiger charge is 2.09. The predicted molar refractivity (Wildman–Crippen MR) is 94.9 cm³/mol. The lowest BCUT2D eigenvalue weighted by molar-refractivity contribution is 0.180. The summed E-state index contributed by atoms with van der Waals surface area (Å²) in [6.07, 6.45) is 11.5. The van der Waals surface area contributed by atoms with E-state index < -0.39 is 0 Å². The zero-order chi connectivity index (χ0) is 16.0. The van der Waals surface area contributed by atoms with E-state index in [0.29, 0.717) is 0 Å². The molecule has 0 amide bonds. The molecule has 1 rings (SSSR count). The van der Waals surface area contributed by atoms with Crippen LogP contribution in [0.5, 0.6) is 11.5 Å². The molecule has 0 aliphatic carbocycles. The van der Waals surface area contributed by atoms with Gasteiger partial charge >= 0.3 is 0 Å². The van der Waals surface area contributed by atoms with Crippen molar-refractivity contribution in [2.24, 2.45) is 0 Å². The second-order valence-electron chi connectivity index (χ2n) is 5.97. The van der Waals surface area contributed by atoms with Crippen molar-refractivity contribution >= 4 is 0 Å². The molecule has 0 saturated carbocycles. The number of hydrogen-bond donors (Lipinski definition) is 0. The topological polar surface area (TPSA) is 18.5 Å². The van der Waals surface area contributed by atoms with Crippen LogP contribution in [0.4, 0.5) is 0 Å². The Bertz CT molecular complexity index is 372. The SMILES string of the molecule is CCCCCCCCCOc1ccccc1OC(CC)CC. The Balaban J connectivity index is 2.27. The van der Waals surface area contributed by atoms with Crippen molar-refractivity contribution < 1.29 is 9.47 Å². The number of unbranched alkanes of at least 4 members (excludes halogenated alkanes) is 6. The van der Waals surface area contributed by atoms with Crippen molar-refractivity contribution in [2.75, 3.05) is 6.61 Å². The molecule has 1 aromatic rings. The Hall–Kier alpha value is -1.18. The zero-order valence-electron chi connectivity index (χ0n) is 14.8. The average molecular weight is 306 g/mol. The molecule has 0 fully saturated rings. The van der Waals surface area contributed by atoms with Gasteiger partial charge in [-0.1, -0.05) is 71.4 Å². The average Bonchev–Trinajstić information content (AvgIpc) is 2.56. The van der Waals surface area contributed by atoms with Crippen LogP contribution in [0.25, 0.3) is 0 Å². The lowest BCUT2D eigenvalue weighted by Crippen LogP contribution is -2.14. The molecule has 0 atom stereocenters. The van der Waals surface area contributed by atoms with Crippen molar-refractivity contribution in [3.05, 3.63) is 24.3 Å². The van der Waals surface area contributed by atoms with E-state index in [9.17, 15) is 0 Å². The van der Waals surface area contributed by atoms with Crippen molar-refractivity contribution in [3.8, 4) is 11.5 Å². The molecular formula is C20H34O2. The second kappa shape index (κ2) is 12.4. The zero-order valence-corrected chi connectivity index (χ0v) is 14.8. The van der Waals surface area contributed by atoms with E-state index in [0.717, 1.165) is 37.4 Å². The maximum Gasteiger partial charge on any atom is 0.161 e. The third-order valence-corrected chi connectivity index (χ3v) is 4.06. The van der Waals surface area contributed by atoms with Crippen LogP contribution in [0.1, 0.15) is 78.6 Å². The minimum Gasteiger partial charge on any atom is -0.490 e.